The SMILES string of the molecule is COc1ccc(/C=C(\C#N)S(=O)(=O)Nc2ccc(F)cc2)c(F)c1. The topological polar surface area (TPSA) is 79.2 Å². The third kappa shape index (κ3) is 4.08. The van der Waals surface area contributed by atoms with Crippen molar-refractivity contribution in [2.24, 2.45) is 0 Å². The van der Waals surface area contributed by atoms with Gasteiger partial charge in [0.1, 0.15) is 23.5 Å². The van der Waals surface area contributed by atoms with Crippen molar-refractivity contribution < 1.29 is 21.9 Å². The lowest BCUT2D eigenvalue weighted by Crippen LogP contribution is -2.14. The summed E-state index contributed by atoms with van der Waals surface area (Å²) < 4.78 is 58.1. The number of nitrogens with one attached hydrogen (secondary N) is 1. The molecule has 0 fully saturated rings. The Bertz CT molecular complexity index is 917. The van der Waals surface area contributed by atoms with Crippen molar-refractivity contribution in [3.8, 4) is 11.8 Å². The predicted octanol–water partition coefficient (Wildman–Crippen LogP) is 3.28. The highest BCUT2D eigenvalue weighted by Gasteiger charge is 2.18. The number of rotatable bonds is 5. The summed E-state index contributed by atoms with van der Waals surface area (Å²) in [6, 6.07) is 9.85. The van der Waals surface area contributed by atoms with Gasteiger partial charge in [-0.2, -0.15) is 5.26 Å². The lowest BCUT2D eigenvalue weighted by molar-refractivity contribution is 0.411. The van der Waals surface area contributed by atoms with Gasteiger partial charge in [-0.25, -0.2) is 17.2 Å². The molecule has 124 valence electrons. The van der Waals surface area contributed by atoms with Gasteiger partial charge in [0.15, 0.2) is 4.91 Å². The molecule has 8 heteroatoms. The van der Waals surface area contributed by atoms with Gasteiger partial charge in [-0.3, -0.25) is 4.72 Å². The van der Waals surface area contributed by atoms with Gasteiger partial charge in [-0.05, 0) is 42.5 Å². The van der Waals surface area contributed by atoms with Gasteiger partial charge in [0.25, 0.3) is 10.0 Å². The minimum Gasteiger partial charge on any atom is -0.497 e. The molecule has 24 heavy (non-hydrogen) atoms. The summed E-state index contributed by atoms with van der Waals surface area (Å²) in [6.07, 6.45) is 0.903. The van der Waals surface area contributed by atoms with E-state index in [1.165, 1.54) is 37.4 Å². The standard InChI is InChI=1S/C16H12F2N2O3S/c1-23-14-7-2-11(16(18)9-14)8-15(10-19)24(21,22)20-13-5-3-12(17)4-6-13/h2-9,20H,1H3/b15-8+. The zero-order valence-corrected chi connectivity index (χ0v) is 13.3. The van der Waals surface area contributed by atoms with Crippen molar-refractivity contribution in [1.29, 1.82) is 5.26 Å². The monoisotopic (exact) mass is 350 g/mol. The van der Waals surface area contributed by atoms with Crippen LogP contribution in [-0.2, 0) is 10.0 Å². The number of anilines is 1. The van der Waals surface area contributed by atoms with Crippen LogP contribution in [0.2, 0.25) is 0 Å². The molecule has 0 aliphatic heterocycles. The van der Waals surface area contributed by atoms with Crippen molar-refractivity contribution in [1.82, 2.24) is 0 Å². The van der Waals surface area contributed by atoms with Gasteiger partial charge >= 0.3 is 0 Å². The van der Waals surface area contributed by atoms with Crippen molar-refractivity contribution in [2.75, 3.05) is 11.8 Å². The molecule has 0 saturated heterocycles. The number of benzene rings is 2. The fourth-order valence-electron chi connectivity index (χ4n) is 1.79. The quantitative estimate of drug-likeness (QED) is 0.840. The highest BCUT2D eigenvalue weighted by molar-refractivity contribution is 7.96. The molecular formula is C16H12F2N2O3S. The molecule has 0 heterocycles. The van der Waals surface area contributed by atoms with Crippen LogP contribution in [0.4, 0.5) is 14.5 Å². The first-order chi connectivity index (χ1) is 11.4. The highest BCUT2D eigenvalue weighted by atomic mass is 32.2. The van der Waals surface area contributed by atoms with Gasteiger partial charge in [-0.1, -0.05) is 0 Å². The molecule has 1 N–H and O–H groups in total. The van der Waals surface area contributed by atoms with Crippen LogP contribution in [0.5, 0.6) is 5.75 Å². The number of ether oxygens (including phenoxy) is 1. The van der Waals surface area contributed by atoms with Crippen LogP contribution in [0, 0.1) is 23.0 Å². The molecule has 0 spiro atoms. The normalized spacial score (nSPS) is 11.7. The molecule has 0 amide bonds. The average Bonchev–Trinajstić information content (AvgIpc) is 2.55. The number of hydrogen-bond acceptors (Lipinski definition) is 4. The largest absolute Gasteiger partial charge is 0.497 e. The summed E-state index contributed by atoms with van der Waals surface area (Å²) in [5.41, 5.74) is -0.00964. The Hall–Kier alpha value is -2.92. The van der Waals surface area contributed by atoms with Crippen molar-refractivity contribution in [2.45, 2.75) is 0 Å². The number of methoxy groups -OCH3 is 1. The summed E-state index contributed by atoms with van der Waals surface area (Å²) in [5, 5.41) is 9.09. The molecule has 0 aliphatic carbocycles. The van der Waals surface area contributed by atoms with E-state index in [9.17, 15) is 17.2 Å². The number of nitriles is 1. The predicted molar refractivity (Wildman–Crippen MR) is 85.5 cm³/mol. The maximum atomic E-state index is 13.9. The second kappa shape index (κ2) is 7.10. The first-order valence-electron chi connectivity index (χ1n) is 6.59. The molecule has 2 rings (SSSR count). The van der Waals surface area contributed by atoms with Crippen LogP contribution in [0.3, 0.4) is 0 Å². The molecule has 0 unspecified atom stereocenters. The van der Waals surface area contributed by atoms with Crippen molar-refractivity contribution in [3.05, 3.63) is 64.6 Å². The van der Waals surface area contributed by atoms with Crippen LogP contribution in [0.25, 0.3) is 6.08 Å². The summed E-state index contributed by atoms with van der Waals surface area (Å²) >= 11 is 0. The van der Waals surface area contributed by atoms with E-state index in [0.29, 0.717) is 0 Å². The fraction of sp³-hybridized carbons (Fsp3) is 0.0625. The summed E-state index contributed by atoms with van der Waals surface area (Å²) in [5.74, 6) is -1.01. The van der Waals surface area contributed by atoms with E-state index in [2.05, 4.69) is 4.72 Å². The van der Waals surface area contributed by atoms with E-state index < -0.39 is 26.6 Å². The summed E-state index contributed by atoms with van der Waals surface area (Å²) in [4.78, 5) is -0.684. The van der Waals surface area contributed by atoms with Crippen LogP contribution >= 0.6 is 0 Å². The molecule has 0 aliphatic rings. The number of allylic oxidation sites excluding steroid dienone is 1. The van der Waals surface area contributed by atoms with E-state index in [0.717, 1.165) is 24.3 Å². The highest BCUT2D eigenvalue weighted by Crippen LogP contribution is 2.21. The van der Waals surface area contributed by atoms with Gasteiger partial charge < -0.3 is 4.74 Å². The van der Waals surface area contributed by atoms with E-state index in [4.69, 9.17) is 10.00 Å². The fourth-order valence-corrected chi connectivity index (χ4v) is 2.75. The lowest BCUT2D eigenvalue weighted by atomic mass is 10.2. The Balaban J connectivity index is 2.35. The van der Waals surface area contributed by atoms with Gasteiger partial charge in [0, 0.05) is 17.3 Å². The zero-order valence-electron chi connectivity index (χ0n) is 12.5. The van der Waals surface area contributed by atoms with Crippen LogP contribution < -0.4 is 9.46 Å². The molecular weight excluding hydrogens is 338 g/mol. The zero-order chi connectivity index (χ0) is 17.7. The second-order valence-corrected chi connectivity index (χ2v) is 6.27. The van der Waals surface area contributed by atoms with Crippen molar-refractivity contribution >= 4 is 21.8 Å². The van der Waals surface area contributed by atoms with Crippen molar-refractivity contribution in [3.63, 3.8) is 0 Å². The number of nitrogens with zero attached hydrogens (tertiary/aromatic N) is 1. The lowest BCUT2D eigenvalue weighted by Gasteiger charge is -2.07. The molecule has 0 bridgehead atoms. The smallest absolute Gasteiger partial charge is 0.272 e. The minimum atomic E-state index is -4.24. The molecule has 0 saturated carbocycles. The minimum absolute atomic E-state index is 0.0766. The first kappa shape index (κ1) is 17.4. The first-order valence-corrected chi connectivity index (χ1v) is 8.08. The molecule has 0 radical (unpaired) electrons. The van der Waals surface area contributed by atoms with Crippen LogP contribution in [0.15, 0.2) is 47.4 Å². The van der Waals surface area contributed by atoms with E-state index in [1.807, 2.05) is 0 Å². The molecule has 0 aromatic heterocycles. The Morgan fingerprint density at radius 3 is 2.42 bits per heavy atom. The van der Waals surface area contributed by atoms with E-state index in [1.54, 1.807) is 0 Å². The second-order valence-electron chi connectivity index (χ2n) is 4.62. The van der Waals surface area contributed by atoms with Gasteiger partial charge in [0.05, 0.1) is 7.11 Å². The number of halogens is 2. The summed E-state index contributed by atoms with van der Waals surface area (Å²) in [7, 11) is -2.88. The molecule has 2 aromatic rings. The Morgan fingerprint density at radius 2 is 1.88 bits per heavy atom. The van der Waals surface area contributed by atoms with Gasteiger partial charge in [-0.15, -0.1) is 0 Å². The third-order valence-electron chi connectivity index (χ3n) is 2.99. The summed E-state index contributed by atoms with van der Waals surface area (Å²) in [6.45, 7) is 0. The maximum absolute atomic E-state index is 13.9. The van der Waals surface area contributed by atoms with E-state index in [-0.39, 0.29) is 17.0 Å². The number of hydrogen-bond donors (Lipinski definition) is 1. The molecule has 0 atom stereocenters. The van der Waals surface area contributed by atoms with Gasteiger partial charge in [0.2, 0.25) is 0 Å². The van der Waals surface area contributed by atoms with Crippen LogP contribution in [-0.4, -0.2) is 15.5 Å². The number of sulfonamides is 1. The molecule has 2 aromatic carbocycles. The Labute approximate surface area is 137 Å². The van der Waals surface area contributed by atoms with Crippen LogP contribution in [0.1, 0.15) is 5.56 Å². The Kier molecular flexibility index (Phi) is 5.16. The maximum Gasteiger partial charge on any atom is 0.272 e. The molecule has 5 nitrogen and oxygen atoms in total. The third-order valence-corrected chi connectivity index (χ3v) is 4.28. The average molecular weight is 350 g/mol. The Morgan fingerprint density at radius 1 is 1.21 bits per heavy atom. The van der Waals surface area contributed by atoms with E-state index >= 15 is 0 Å².